The Balaban J connectivity index is 1.56. The molecule has 1 atom stereocenters. The third kappa shape index (κ3) is 10.4. The Morgan fingerprint density at radius 3 is 1.31 bits per heavy atom. The zero-order chi connectivity index (χ0) is 32.5. The van der Waals surface area contributed by atoms with Gasteiger partial charge in [-0.25, -0.2) is 8.42 Å². The van der Waals surface area contributed by atoms with Crippen molar-refractivity contribution in [2.45, 2.75) is 62.8 Å². The molecule has 0 fully saturated rings. The van der Waals surface area contributed by atoms with E-state index in [0.29, 0.717) is 11.4 Å². The van der Waals surface area contributed by atoms with E-state index < -0.39 is 31.8 Å². The second-order valence-electron chi connectivity index (χ2n) is 10.6. The van der Waals surface area contributed by atoms with Crippen LogP contribution in [0.15, 0.2) is 95.9 Å². The lowest BCUT2D eigenvalue weighted by Gasteiger charge is -2.16. The van der Waals surface area contributed by atoms with Crippen LogP contribution < -0.4 is 20.1 Å². The second kappa shape index (κ2) is 15.5. The number of nitrogens with one attached hydrogen (secondary N) is 4. The lowest BCUT2D eigenvalue weighted by atomic mass is 10.1. The van der Waals surface area contributed by atoms with E-state index in [-0.39, 0.29) is 0 Å². The summed E-state index contributed by atoms with van der Waals surface area (Å²) in [6, 6.07) is 27.4. The minimum atomic E-state index is -5.21. The first-order valence-electron chi connectivity index (χ1n) is 14.7. The van der Waals surface area contributed by atoms with Gasteiger partial charge in [-0.3, -0.25) is 0 Å². The molecular weight excluding hydrogens is 622 g/mol. The van der Waals surface area contributed by atoms with Crippen LogP contribution in [0.4, 0.5) is 47.3 Å². The number of halogens is 3. The normalized spacial score (nSPS) is 12.5. The third-order valence-electron chi connectivity index (χ3n) is 6.91. The van der Waals surface area contributed by atoms with Crippen molar-refractivity contribution in [1.29, 1.82) is 0 Å². The Morgan fingerprint density at radius 1 is 0.622 bits per heavy atom. The van der Waals surface area contributed by atoms with Crippen LogP contribution >= 0.6 is 0 Å². The van der Waals surface area contributed by atoms with Crippen LogP contribution in [0.25, 0.3) is 0 Å². The Hall–Kier alpha value is -3.71. The molecule has 7 nitrogen and oxygen atoms in total. The van der Waals surface area contributed by atoms with E-state index in [9.17, 15) is 26.1 Å². The number of anilines is 6. The molecule has 0 aliphatic carbocycles. The van der Waals surface area contributed by atoms with E-state index in [1.807, 2.05) is 42.5 Å². The van der Waals surface area contributed by atoms with Gasteiger partial charge in [0.2, 0.25) is 0 Å². The number of hydrogen-bond acceptors (Lipinski definition) is 6. The molecule has 0 spiro atoms. The summed E-state index contributed by atoms with van der Waals surface area (Å²) in [5.41, 5.74) is 1.91. The van der Waals surface area contributed by atoms with Crippen LogP contribution in [-0.2, 0) is 34.2 Å². The molecule has 4 N–H and O–H groups in total. The smallest absolute Gasteiger partial charge is 0.590 e. The molecule has 0 heterocycles. The first-order chi connectivity index (χ1) is 21.4. The fraction of sp³-hybridized carbons (Fsp3) is 0.273. The quantitative estimate of drug-likeness (QED) is 0.0950. The summed E-state index contributed by atoms with van der Waals surface area (Å²) < 4.78 is 74.9. The molecule has 0 aliphatic rings. The monoisotopic (exact) mass is 658 g/mol. The fourth-order valence-corrected chi connectivity index (χ4v) is 6.58. The Labute approximate surface area is 266 Å². The third-order valence-corrected chi connectivity index (χ3v) is 9.70. The van der Waals surface area contributed by atoms with Crippen LogP contribution in [0.3, 0.4) is 0 Å². The van der Waals surface area contributed by atoms with Gasteiger partial charge in [0.05, 0.1) is 4.90 Å². The Bertz CT molecular complexity index is 1560. The van der Waals surface area contributed by atoms with E-state index in [0.717, 1.165) is 77.5 Å². The Morgan fingerprint density at radius 2 is 0.978 bits per heavy atom. The van der Waals surface area contributed by atoms with E-state index >= 15 is 0 Å². The Kier molecular flexibility index (Phi) is 11.8. The van der Waals surface area contributed by atoms with Gasteiger partial charge in [-0.15, -0.1) is 13.2 Å². The predicted octanol–water partition coefficient (Wildman–Crippen LogP) is 9.06. The van der Waals surface area contributed by atoms with Gasteiger partial charge in [-0.2, -0.15) is 0 Å². The maximum absolute atomic E-state index is 12.6. The summed E-state index contributed by atoms with van der Waals surface area (Å²) >= 11 is -3.76. The molecule has 0 aliphatic heterocycles. The molecule has 0 saturated carbocycles. The molecule has 4 aromatic carbocycles. The van der Waals surface area contributed by atoms with E-state index in [4.69, 9.17) is 0 Å². The molecule has 1 unspecified atom stereocenters. The minimum Gasteiger partial charge on any atom is -0.590 e. The van der Waals surface area contributed by atoms with Crippen LogP contribution in [0, 0.1) is 0 Å². The van der Waals surface area contributed by atoms with Gasteiger partial charge in [-0.05, 0) is 108 Å². The van der Waals surface area contributed by atoms with Gasteiger partial charge in [-0.1, -0.05) is 51.0 Å². The SMILES string of the molecule is CCCCc1ccc(Nc2cc(Nc3ccc(CCCC)cc3)cc(Nc3ccc(S(=O)(=O)N[S+]([O-])C(F)(F)F)cc3)c2)cc1. The highest BCUT2D eigenvalue weighted by molar-refractivity contribution is 8.05. The van der Waals surface area contributed by atoms with Gasteiger partial charge in [0.15, 0.2) is 11.4 Å². The maximum atomic E-state index is 12.6. The topological polar surface area (TPSA) is 105 Å². The molecule has 0 radical (unpaired) electrons. The summed E-state index contributed by atoms with van der Waals surface area (Å²) in [6.07, 6.45) is 6.57. The lowest BCUT2D eigenvalue weighted by molar-refractivity contribution is -0.0440. The summed E-state index contributed by atoms with van der Waals surface area (Å²) in [6.45, 7) is 4.33. The first kappa shape index (κ1) is 34.2. The molecule has 0 aromatic heterocycles. The number of rotatable bonds is 15. The number of benzene rings is 4. The average molecular weight is 659 g/mol. The van der Waals surface area contributed by atoms with Crippen molar-refractivity contribution in [3.05, 3.63) is 102 Å². The van der Waals surface area contributed by atoms with Gasteiger partial charge in [0.25, 0.3) is 10.0 Å². The second-order valence-corrected chi connectivity index (χ2v) is 13.7. The van der Waals surface area contributed by atoms with Crippen LogP contribution in [0.2, 0.25) is 0 Å². The average Bonchev–Trinajstić information content (AvgIpc) is 3.00. The maximum Gasteiger partial charge on any atom is 0.593 e. The number of alkyl halides is 3. The number of aryl methyl sites for hydroxylation is 2. The van der Waals surface area contributed by atoms with E-state index in [1.54, 1.807) is 0 Å². The van der Waals surface area contributed by atoms with E-state index in [2.05, 4.69) is 54.1 Å². The molecule has 0 bridgehead atoms. The zero-order valence-corrected chi connectivity index (χ0v) is 26.7. The van der Waals surface area contributed by atoms with Crippen molar-refractivity contribution in [1.82, 2.24) is 4.13 Å². The first-order valence-corrected chi connectivity index (χ1v) is 17.3. The molecule has 0 saturated heterocycles. The molecule has 4 aromatic rings. The van der Waals surface area contributed by atoms with Crippen molar-refractivity contribution in [2.24, 2.45) is 0 Å². The van der Waals surface area contributed by atoms with Crippen molar-refractivity contribution < 1.29 is 26.1 Å². The van der Waals surface area contributed by atoms with Crippen molar-refractivity contribution in [3.63, 3.8) is 0 Å². The van der Waals surface area contributed by atoms with Crippen molar-refractivity contribution >= 4 is 55.5 Å². The summed E-state index contributed by atoms with van der Waals surface area (Å²) in [4.78, 5) is -0.451. The number of unbranched alkanes of at least 4 members (excludes halogenated alkanes) is 2. The number of hydrogen-bond donors (Lipinski definition) is 4. The highest BCUT2D eigenvalue weighted by atomic mass is 32.3. The molecule has 0 amide bonds. The van der Waals surface area contributed by atoms with Gasteiger partial charge < -0.3 is 20.5 Å². The lowest BCUT2D eigenvalue weighted by Crippen LogP contribution is -2.40. The summed E-state index contributed by atoms with van der Waals surface area (Å²) in [5, 5.41) is 10.1. The summed E-state index contributed by atoms with van der Waals surface area (Å²) in [5.74, 6) is 0. The van der Waals surface area contributed by atoms with Crippen LogP contribution in [0.1, 0.15) is 50.7 Å². The highest BCUT2D eigenvalue weighted by Crippen LogP contribution is 2.31. The molecular formula is C33H37F3N4O3S2. The van der Waals surface area contributed by atoms with Crippen molar-refractivity contribution in [2.75, 3.05) is 16.0 Å². The standard InChI is InChI=1S/C33H37F3N4O3S2/c1-3-5-7-24-9-13-26(14-10-24)37-29-21-30(38-27-15-11-25(12-16-27)8-6-4-2)23-31(22-29)39-28-17-19-32(20-18-28)45(42,43)40-44(41)33(34,35)36/h9-23,37-40H,3-8H2,1-2H3. The molecule has 45 heavy (non-hydrogen) atoms. The fourth-order valence-electron chi connectivity index (χ4n) is 4.53. The van der Waals surface area contributed by atoms with E-state index in [1.165, 1.54) is 23.3 Å². The zero-order valence-electron chi connectivity index (χ0n) is 25.1. The molecule has 12 heteroatoms. The van der Waals surface area contributed by atoms with Gasteiger partial charge >= 0.3 is 5.51 Å². The van der Waals surface area contributed by atoms with Crippen LogP contribution in [-0.4, -0.2) is 18.5 Å². The minimum absolute atomic E-state index is 0.451. The van der Waals surface area contributed by atoms with Gasteiger partial charge in [0.1, 0.15) is 0 Å². The van der Waals surface area contributed by atoms with Crippen LogP contribution in [0.5, 0.6) is 0 Å². The highest BCUT2D eigenvalue weighted by Gasteiger charge is 2.48. The summed E-state index contributed by atoms with van der Waals surface area (Å²) in [7, 11) is -4.65. The van der Waals surface area contributed by atoms with Gasteiger partial charge in [0, 0.05) is 34.1 Å². The molecule has 240 valence electrons. The largest absolute Gasteiger partial charge is 0.593 e. The number of sulfonamides is 1. The predicted molar refractivity (Wildman–Crippen MR) is 177 cm³/mol. The van der Waals surface area contributed by atoms with Crippen molar-refractivity contribution in [3.8, 4) is 0 Å². The molecule has 4 rings (SSSR count).